The van der Waals surface area contributed by atoms with E-state index in [4.69, 9.17) is 14.6 Å². The van der Waals surface area contributed by atoms with Gasteiger partial charge in [-0.2, -0.15) is 5.10 Å². The Kier molecular flexibility index (Phi) is 7.28. The topological polar surface area (TPSA) is 65.4 Å². The first kappa shape index (κ1) is 23.1. The molecule has 0 saturated heterocycles. The number of hydrogen-bond acceptors (Lipinski definition) is 4. The molecular formula is C28H29N3O3. The van der Waals surface area contributed by atoms with Crippen LogP contribution in [0.1, 0.15) is 23.1 Å². The van der Waals surface area contributed by atoms with E-state index in [1.807, 2.05) is 90.6 Å². The van der Waals surface area contributed by atoms with Crippen LogP contribution in [0.2, 0.25) is 0 Å². The number of carbonyl (C=O) groups excluding carboxylic acids is 1. The van der Waals surface area contributed by atoms with Crippen molar-refractivity contribution in [2.24, 2.45) is 0 Å². The summed E-state index contributed by atoms with van der Waals surface area (Å²) >= 11 is 0. The van der Waals surface area contributed by atoms with Gasteiger partial charge in [0.2, 0.25) is 5.91 Å². The molecule has 0 bridgehead atoms. The van der Waals surface area contributed by atoms with Gasteiger partial charge in [0.25, 0.3) is 0 Å². The molecule has 0 aliphatic rings. The van der Waals surface area contributed by atoms with Crippen molar-refractivity contribution < 1.29 is 14.3 Å². The number of nitrogens with one attached hydrogen (secondary N) is 1. The van der Waals surface area contributed by atoms with E-state index in [2.05, 4.69) is 5.32 Å². The van der Waals surface area contributed by atoms with Crippen molar-refractivity contribution in [3.63, 3.8) is 0 Å². The highest BCUT2D eigenvalue weighted by molar-refractivity contribution is 5.77. The number of aryl methyl sites for hydroxylation is 2. The summed E-state index contributed by atoms with van der Waals surface area (Å²) in [6.45, 7) is 2.56. The van der Waals surface area contributed by atoms with Crippen molar-refractivity contribution >= 4 is 5.91 Å². The second-order valence-corrected chi connectivity index (χ2v) is 8.11. The third-order valence-corrected chi connectivity index (χ3v) is 5.70. The maximum absolute atomic E-state index is 12.6. The van der Waals surface area contributed by atoms with Gasteiger partial charge in [-0.3, -0.25) is 4.79 Å². The summed E-state index contributed by atoms with van der Waals surface area (Å²) in [7, 11) is 3.27. The minimum atomic E-state index is -0.00315. The first-order valence-corrected chi connectivity index (χ1v) is 11.3. The summed E-state index contributed by atoms with van der Waals surface area (Å²) in [5, 5.41) is 7.88. The smallest absolute Gasteiger partial charge is 0.220 e. The van der Waals surface area contributed by atoms with Crippen molar-refractivity contribution in [2.75, 3.05) is 14.2 Å². The number of para-hydroxylation sites is 1. The number of aromatic nitrogens is 2. The predicted octanol–water partition coefficient (Wildman–Crippen LogP) is 5.11. The lowest BCUT2D eigenvalue weighted by Crippen LogP contribution is -2.23. The van der Waals surface area contributed by atoms with Gasteiger partial charge in [-0.15, -0.1) is 0 Å². The minimum Gasteiger partial charge on any atom is -0.497 e. The first-order valence-electron chi connectivity index (χ1n) is 11.3. The van der Waals surface area contributed by atoms with Crippen LogP contribution in [0.4, 0.5) is 0 Å². The molecule has 1 amide bonds. The molecule has 4 rings (SSSR count). The SMILES string of the molecule is COc1ccc(OC)c(-c2nn(-c3ccccc3)cc2CCC(=O)NCc2ccc(C)cc2)c1. The molecule has 0 saturated carbocycles. The molecule has 6 nitrogen and oxygen atoms in total. The quantitative estimate of drug-likeness (QED) is 0.381. The van der Waals surface area contributed by atoms with Crippen molar-refractivity contribution in [3.8, 4) is 28.4 Å². The van der Waals surface area contributed by atoms with Gasteiger partial charge in [-0.25, -0.2) is 4.68 Å². The van der Waals surface area contributed by atoms with Crippen molar-refractivity contribution in [2.45, 2.75) is 26.3 Å². The van der Waals surface area contributed by atoms with Gasteiger partial charge >= 0.3 is 0 Å². The number of nitrogens with zero attached hydrogens (tertiary/aromatic N) is 2. The van der Waals surface area contributed by atoms with Gasteiger partial charge in [-0.05, 0) is 54.8 Å². The second-order valence-electron chi connectivity index (χ2n) is 8.11. The molecule has 3 aromatic carbocycles. The van der Waals surface area contributed by atoms with Crippen LogP contribution in [0.25, 0.3) is 16.9 Å². The Morgan fingerprint density at radius 1 is 0.971 bits per heavy atom. The molecule has 4 aromatic rings. The molecule has 1 aromatic heterocycles. The van der Waals surface area contributed by atoms with Crippen LogP contribution in [-0.4, -0.2) is 29.9 Å². The maximum atomic E-state index is 12.6. The summed E-state index contributed by atoms with van der Waals surface area (Å²) < 4.78 is 12.9. The lowest BCUT2D eigenvalue weighted by Gasteiger charge is -2.10. The third kappa shape index (κ3) is 5.46. The predicted molar refractivity (Wildman–Crippen MR) is 133 cm³/mol. The zero-order valence-corrected chi connectivity index (χ0v) is 19.7. The summed E-state index contributed by atoms with van der Waals surface area (Å²) in [6.07, 6.45) is 2.88. The Hall–Kier alpha value is -4.06. The standard InChI is InChI=1S/C28H29N3O3/c1-20-9-11-21(12-10-20)18-29-27(32)16-13-22-19-31(23-7-5-4-6-8-23)30-28(22)25-17-24(33-2)14-15-26(25)34-3/h4-12,14-15,17,19H,13,16,18H2,1-3H3,(H,29,32). The van der Waals surface area contributed by atoms with E-state index in [1.54, 1.807) is 14.2 Å². The second kappa shape index (κ2) is 10.7. The van der Waals surface area contributed by atoms with E-state index in [9.17, 15) is 4.79 Å². The molecule has 174 valence electrons. The lowest BCUT2D eigenvalue weighted by atomic mass is 10.0. The Bertz CT molecular complexity index is 1250. The molecule has 0 atom stereocenters. The minimum absolute atomic E-state index is 0.00315. The van der Waals surface area contributed by atoms with Gasteiger partial charge in [0, 0.05) is 24.7 Å². The van der Waals surface area contributed by atoms with Crippen molar-refractivity contribution in [1.29, 1.82) is 0 Å². The van der Waals surface area contributed by atoms with E-state index in [-0.39, 0.29) is 5.91 Å². The molecule has 0 unspecified atom stereocenters. The monoisotopic (exact) mass is 455 g/mol. The van der Waals surface area contributed by atoms with Crippen LogP contribution in [0.3, 0.4) is 0 Å². The first-order chi connectivity index (χ1) is 16.6. The van der Waals surface area contributed by atoms with Crippen LogP contribution in [0, 0.1) is 6.92 Å². The van der Waals surface area contributed by atoms with E-state index < -0.39 is 0 Å². The Balaban J connectivity index is 1.58. The normalized spacial score (nSPS) is 10.7. The summed E-state index contributed by atoms with van der Waals surface area (Å²) in [4.78, 5) is 12.6. The largest absolute Gasteiger partial charge is 0.497 e. The number of ether oxygens (including phenoxy) is 2. The van der Waals surface area contributed by atoms with Crippen LogP contribution >= 0.6 is 0 Å². The number of carbonyl (C=O) groups is 1. The molecule has 0 fully saturated rings. The Morgan fingerprint density at radius 3 is 2.44 bits per heavy atom. The molecule has 34 heavy (non-hydrogen) atoms. The average Bonchev–Trinajstić information content (AvgIpc) is 3.31. The molecular weight excluding hydrogens is 426 g/mol. The average molecular weight is 456 g/mol. The molecule has 0 aliphatic heterocycles. The van der Waals surface area contributed by atoms with Crippen LogP contribution < -0.4 is 14.8 Å². The number of benzene rings is 3. The van der Waals surface area contributed by atoms with Crippen LogP contribution in [0.5, 0.6) is 11.5 Å². The number of hydrogen-bond donors (Lipinski definition) is 1. The van der Waals surface area contributed by atoms with Gasteiger partial charge in [0.1, 0.15) is 11.5 Å². The number of rotatable bonds is 9. The number of methoxy groups -OCH3 is 2. The Morgan fingerprint density at radius 2 is 1.74 bits per heavy atom. The van der Waals surface area contributed by atoms with Crippen molar-refractivity contribution in [1.82, 2.24) is 15.1 Å². The van der Waals surface area contributed by atoms with E-state index in [1.165, 1.54) is 5.56 Å². The Labute approximate surface area is 200 Å². The van der Waals surface area contributed by atoms with Gasteiger partial charge in [-0.1, -0.05) is 48.0 Å². The van der Waals surface area contributed by atoms with Gasteiger partial charge in [0.15, 0.2) is 0 Å². The summed E-state index contributed by atoms with van der Waals surface area (Å²) in [5.74, 6) is 1.41. The zero-order valence-electron chi connectivity index (χ0n) is 19.7. The van der Waals surface area contributed by atoms with Crippen LogP contribution in [0.15, 0.2) is 79.0 Å². The zero-order chi connectivity index (χ0) is 23.9. The lowest BCUT2D eigenvalue weighted by molar-refractivity contribution is -0.121. The highest BCUT2D eigenvalue weighted by Crippen LogP contribution is 2.35. The fraction of sp³-hybridized carbons (Fsp3) is 0.214. The molecule has 0 aliphatic carbocycles. The summed E-state index contributed by atoms with van der Waals surface area (Å²) in [5.41, 5.74) is 5.78. The van der Waals surface area contributed by atoms with E-state index >= 15 is 0 Å². The molecule has 0 radical (unpaired) electrons. The van der Waals surface area contributed by atoms with E-state index in [0.29, 0.717) is 30.9 Å². The van der Waals surface area contributed by atoms with Gasteiger partial charge in [0.05, 0.1) is 25.6 Å². The fourth-order valence-electron chi connectivity index (χ4n) is 3.77. The molecule has 1 heterocycles. The highest BCUT2D eigenvalue weighted by Gasteiger charge is 2.18. The molecule has 1 N–H and O–H groups in total. The fourth-order valence-corrected chi connectivity index (χ4v) is 3.77. The van der Waals surface area contributed by atoms with Crippen LogP contribution in [-0.2, 0) is 17.8 Å². The third-order valence-electron chi connectivity index (χ3n) is 5.70. The van der Waals surface area contributed by atoms with Gasteiger partial charge < -0.3 is 14.8 Å². The van der Waals surface area contributed by atoms with Crippen molar-refractivity contribution in [3.05, 3.63) is 95.7 Å². The molecule has 0 spiro atoms. The number of amides is 1. The van der Waals surface area contributed by atoms with E-state index in [0.717, 1.165) is 28.1 Å². The summed E-state index contributed by atoms with van der Waals surface area (Å²) in [6, 6.07) is 23.7. The molecule has 6 heteroatoms. The highest BCUT2D eigenvalue weighted by atomic mass is 16.5. The maximum Gasteiger partial charge on any atom is 0.220 e.